The molecule has 2 unspecified atom stereocenters. The predicted octanol–water partition coefficient (Wildman–Crippen LogP) is 2.51. The summed E-state index contributed by atoms with van der Waals surface area (Å²) in [6.07, 6.45) is 10.5. The Bertz CT molecular complexity index is 592. The zero-order chi connectivity index (χ0) is 14.7. The number of imidazole rings is 1. The van der Waals surface area contributed by atoms with Gasteiger partial charge in [0.25, 0.3) is 0 Å². The molecule has 0 radical (unpaired) electrons. The van der Waals surface area contributed by atoms with Gasteiger partial charge in [0.1, 0.15) is 5.82 Å². The number of hydrogen-bond acceptors (Lipinski definition) is 4. The van der Waals surface area contributed by atoms with Crippen LogP contribution in [0.15, 0.2) is 30.7 Å². The van der Waals surface area contributed by atoms with Gasteiger partial charge >= 0.3 is 0 Å². The third kappa shape index (κ3) is 2.93. The first-order chi connectivity index (χ1) is 10.3. The van der Waals surface area contributed by atoms with Crippen molar-refractivity contribution in [3.63, 3.8) is 0 Å². The highest BCUT2D eigenvalue weighted by atomic mass is 15.1. The van der Waals surface area contributed by atoms with Crippen molar-refractivity contribution < 1.29 is 0 Å². The number of nitrogens with zero attached hydrogens (tertiary/aromatic N) is 3. The van der Waals surface area contributed by atoms with Crippen molar-refractivity contribution in [3.8, 4) is 5.82 Å². The first-order valence-corrected chi connectivity index (χ1v) is 7.71. The van der Waals surface area contributed by atoms with Crippen LogP contribution in [0.4, 0.5) is 5.69 Å². The lowest BCUT2D eigenvalue weighted by molar-refractivity contribution is 0.332. The highest BCUT2D eigenvalue weighted by Crippen LogP contribution is 2.28. The monoisotopic (exact) mass is 285 g/mol. The molecule has 0 aromatic carbocycles. The summed E-state index contributed by atoms with van der Waals surface area (Å²) in [5.41, 5.74) is 6.99. The summed E-state index contributed by atoms with van der Waals surface area (Å²) in [5, 5.41) is 3.67. The fourth-order valence-corrected chi connectivity index (χ4v) is 3.18. The molecular formula is C16H23N5. The van der Waals surface area contributed by atoms with Crippen LogP contribution >= 0.6 is 0 Å². The van der Waals surface area contributed by atoms with E-state index < -0.39 is 0 Å². The topological polar surface area (TPSA) is 68.8 Å². The largest absolute Gasteiger partial charge is 0.379 e. The van der Waals surface area contributed by atoms with Crippen LogP contribution in [0.3, 0.4) is 0 Å². The number of nitrogens with one attached hydrogen (secondary N) is 1. The van der Waals surface area contributed by atoms with Crippen molar-refractivity contribution in [2.24, 2.45) is 11.7 Å². The smallest absolute Gasteiger partial charge is 0.161 e. The van der Waals surface area contributed by atoms with Crippen LogP contribution in [0.25, 0.3) is 5.82 Å². The van der Waals surface area contributed by atoms with E-state index in [4.69, 9.17) is 5.73 Å². The van der Waals surface area contributed by atoms with Crippen molar-refractivity contribution in [2.45, 2.75) is 38.6 Å². The van der Waals surface area contributed by atoms with E-state index in [1.54, 1.807) is 6.20 Å². The molecule has 1 aliphatic rings. The van der Waals surface area contributed by atoms with Crippen LogP contribution in [0, 0.1) is 12.8 Å². The fourth-order valence-electron chi connectivity index (χ4n) is 3.18. The van der Waals surface area contributed by atoms with Gasteiger partial charge in [0, 0.05) is 24.6 Å². The van der Waals surface area contributed by atoms with Gasteiger partial charge in [-0.1, -0.05) is 12.8 Å². The van der Waals surface area contributed by atoms with Crippen LogP contribution in [0.1, 0.15) is 31.5 Å². The average molecular weight is 285 g/mol. The first kappa shape index (κ1) is 14.1. The highest BCUT2D eigenvalue weighted by Gasteiger charge is 2.24. The minimum atomic E-state index is 0.440. The molecule has 5 heteroatoms. The molecule has 0 amide bonds. The van der Waals surface area contributed by atoms with Crippen LogP contribution < -0.4 is 11.1 Å². The number of hydrogen-bond donors (Lipinski definition) is 2. The Morgan fingerprint density at radius 2 is 2.14 bits per heavy atom. The second-order valence-electron chi connectivity index (χ2n) is 5.75. The maximum Gasteiger partial charge on any atom is 0.161 e. The molecule has 3 rings (SSSR count). The molecule has 1 aliphatic carbocycles. The molecule has 2 aromatic rings. The van der Waals surface area contributed by atoms with Crippen molar-refractivity contribution in [2.75, 3.05) is 11.9 Å². The minimum Gasteiger partial charge on any atom is -0.379 e. The quantitative estimate of drug-likeness (QED) is 0.905. The van der Waals surface area contributed by atoms with E-state index in [0.717, 1.165) is 23.9 Å². The highest BCUT2D eigenvalue weighted by molar-refractivity contribution is 5.57. The lowest BCUT2D eigenvalue weighted by Gasteiger charge is -2.32. The summed E-state index contributed by atoms with van der Waals surface area (Å²) < 4.78 is 2.02. The number of aromatic nitrogens is 3. The molecule has 1 saturated carbocycles. The Morgan fingerprint density at radius 3 is 2.90 bits per heavy atom. The molecule has 5 nitrogen and oxygen atoms in total. The minimum absolute atomic E-state index is 0.440. The van der Waals surface area contributed by atoms with Crippen molar-refractivity contribution in [3.05, 3.63) is 36.5 Å². The Hall–Kier alpha value is -1.88. The molecule has 0 bridgehead atoms. The number of pyridine rings is 1. The van der Waals surface area contributed by atoms with E-state index in [9.17, 15) is 0 Å². The van der Waals surface area contributed by atoms with E-state index in [-0.39, 0.29) is 0 Å². The first-order valence-electron chi connectivity index (χ1n) is 7.71. The van der Waals surface area contributed by atoms with Crippen molar-refractivity contribution >= 4 is 5.69 Å². The second-order valence-corrected chi connectivity index (χ2v) is 5.75. The Morgan fingerprint density at radius 1 is 1.29 bits per heavy atom. The van der Waals surface area contributed by atoms with E-state index in [0.29, 0.717) is 12.0 Å². The van der Waals surface area contributed by atoms with Gasteiger partial charge in [-0.25, -0.2) is 9.97 Å². The molecule has 0 spiro atoms. The van der Waals surface area contributed by atoms with Crippen molar-refractivity contribution in [1.82, 2.24) is 14.5 Å². The standard InChI is InChI=1S/C16H23N5/c1-12-18-9-10-21(12)16-15(7-4-8-19-16)20-14-6-3-2-5-13(14)11-17/h4,7-10,13-14,20H,2-3,5-6,11,17H2,1H3. The summed E-state index contributed by atoms with van der Waals surface area (Å²) in [7, 11) is 0. The molecule has 0 saturated heterocycles. The lowest BCUT2D eigenvalue weighted by Crippen LogP contribution is -2.37. The second kappa shape index (κ2) is 6.26. The van der Waals surface area contributed by atoms with Gasteiger partial charge in [0.2, 0.25) is 0 Å². The zero-order valence-electron chi connectivity index (χ0n) is 12.5. The molecule has 0 aliphatic heterocycles. The molecule has 2 atom stereocenters. The Balaban J connectivity index is 1.87. The van der Waals surface area contributed by atoms with Gasteiger partial charge in [0.05, 0.1) is 5.69 Å². The zero-order valence-corrected chi connectivity index (χ0v) is 12.5. The van der Waals surface area contributed by atoms with Gasteiger partial charge in [-0.05, 0) is 44.4 Å². The van der Waals surface area contributed by atoms with Gasteiger partial charge in [0.15, 0.2) is 5.82 Å². The van der Waals surface area contributed by atoms with Gasteiger partial charge < -0.3 is 11.1 Å². The number of rotatable bonds is 4. The maximum atomic E-state index is 5.93. The summed E-state index contributed by atoms with van der Waals surface area (Å²) >= 11 is 0. The SMILES string of the molecule is Cc1nccn1-c1ncccc1NC1CCCCC1CN. The summed E-state index contributed by atoms with van der Waals surface area (Å²) in [6.45, 7) is 2.74. The van der Waals surface area contributed by atoms with E-state index in [1.807, 2.05) is 30.0 Å². The molecule has 2 aromatic heterocycles. The summed E-state index contributed by atoms with van der Waals surface area (Å²) in [4.78, 5) is 8.81. The fraction of sp³-hybridized carbons (Fsp3) is 0.500. The number of anilines is 1. The predicted molar refractivity (Wildman–Crippen MR) is 84.5 cm³/mol. The Labute approximate surface area is 125 Å². The van der Waals surface area contributed by atoms with Gasteiger partial charge in [-0.3, -0.25) is 4.57 Å². The van der Waals surface area contributed by atoms with Crippen LogP contribution in [-0.2, 0) is 0 Å². The van der Waals surface area contributed by atoms with Gasteiger partial charge in [-0.2, -0.15) is 0 Å². The molecule has 2 heterocycles. The lowest BCUT2D eigenvalue weighted by atomic mass is 9.84. The normalized spacial score (nSPS) is 22.2. The number of nitrogens with two attached hydrogens (primary N) is 1. The van der Waals surface area contributed by atoms with Gasteiger partial charge in [-0.15, -0.1) is 0 Å². The summed E-state index contributed by atoms with van der Waals surface area (Å²) in [5.74, 6) is 2.40. The third-order valence-electron chi connectivity index (χ3n) is 4.39. The average Bonchev–Trinajstić information content (AvgIpc) is 2.94. The van der Waals surface area contributed by atoms with E-state index in [2.05, 4.69) is 21.4 Å². The maximum absolute atomic E-state index is 5.93. The van der Waals surface area contributed by atoms with E-state index in [1.165, 1.54) is 25.7 Å². The molecule has 21 heavy (non-hydrogen) atoms. The molecule has 3 N–H and O–H groups in total. The van der Waals surface area contributed by atoms with Crippen LogP contribution in [0.5, 0.6) is 0 Å². The molecular weight excluding hydrogens is 262 g/mol. The van der Waals surface area contributed by atoms with Crippen LogP contribution in [-0.4, -0.2) is 27.1 Å². The molecule has 1 fully saturated rings. The van der Waals surface area contributed by atoms with E-state index >= 15 is 0 Å². The van der Waals surface area contributed by atoms with Crippen LogP contribution in [0.2, 0.25) is 0 Å². The molecule has 112 valence electrons. The Kier molecular flexibility index (Phi) is 4.20. The number of aryl methyl sites for hydroxylation is 1. The third-order valence-corrected chi connectivity index (χ3v) is 4.39. The van der Waals surface area contributed by atoms with Crippen molar-refractivity contribution in [1.29, 1.82) is 0 Å². The summed E-state index contributed by atoms with van der Waals surface area (Å²) in [6, 6.07) is 4.50.